The van der Waals surface area contributed by atoms with Gasteiger partial charge in [0.25, 0.3) is 5.91 Å². The normalized spacial score (nSPS) is 15.2. The number of anilines is 1. The number of hydrogen-bond acceptors (Lipinski definition) is 4. The van der Waals surface area contributed by atoms with Crippen LogP contribution in [0.1, 0.15) is 24.3 Å². The fraction of sp³-hybridized carbons (Fsp3) is 0.533. The number of nitrogens with one attached hydrogen (secondary N) is 1. The van der Waals surface area contributed by atoms with E-state index < -0.39 is 0 Å². The lowest BCUT2D eigenvalue weighted by Gasteiger charge is -2.32. The smallest absolute Gasteiger partial charge is 0.272 e. The van der Waals surface area contributed by atoms with Crippen molar-refractivity contribution in [2.75, 3.05) is 38.0 Å². The van der Waals surface area contributed by atoms with Gasteiger partial charge in [-0.05, 0) is 18.1 Å². The molecule has 2 rings (SSSR count). The Morgan fingerprint density at radius 1 is 1.38 bits per heavy atom. The zero-order chi connectivity index (χ0) is 15.2. The number of carbonyl (C=O) groups is 2. The number of aromatic nitrogens is 1. The highest BCUT2D eigenvalue weighted by molar-refractivity contribution is 5.93. The lowest BCUT2D eigenvalue weighted by molar-refractivity contribution is -0.119. The Hall–Kier alpha value is -2.11. The molecular formula is C15H22N4O2. The van der Waals surface area contributed by atoms with Gasteiger partial charge in [-0.1, -0.05) is 13.8 Å². The van der Waals surface area contributed by atoms with Crippen LogP contribution in [0.15, 0.2) is 18.3 Å². The van der Waals surface area contributed by atoms with Gasteiger partial charge < -0.3 is 15.1 Å². The maximum absolute atomic E-state index is 12.4. The van der Waals surface area contributed by atoms with Gasteiger partial charge in [-0.25, -0.2) is 0 Å². The molecule has 1 saturated heterocycles. The summed E-state index contributed by atoms with van der Waals surface area (Å²) in [6, 6.07) is 3.65. The Bertz CT molecular complexity index is 496. The fourth-order valence-corrected chi connectivity index (χ4v) is 2.17. The molecule has 0 unspecified atom stereocenters. The van der Waals surface area contributed by atoms with E-state index >= 15 is 0 Å². The Balaban J connectivity index is 1.99. The summed E-state index contributed by atoms with van der Waals surface area (Å²) in [5.41, 5.74) is 1.36. The summed E-state index contributed by atoms with van der Waals surface area (Å²) in [4.78, 5) is 30.7. The first kappa shape index (κ1) is 15.3. The third-order valence-corrected chi connectivity index (χ3v) is 3.44. The van der Waals surface area contributed by atoms with Crippen LogP contribution in [0.4, 0.5) is 5.69 Å². The first-order chi connectivity index (χ1) is 10.1. The van der Waals surface area contributed by atoms with Gasteiger partial charge in [0.05, 0.1) is 0 Å². The highest BCUT2D eigenvalue weighted by atomic mass is 16.2. The Morgan fingerprint density at radius 2 is 2.10 bits per heavy atom. The highest BCUT2D eigenvalue weighted by Gasteiger charge is 2.22. The number of piperazine rings is 1. The van der Waals surface area contributed by atoms with Gasteiger partial charge in [-0.3, -0.25) is 14.6 Å². The van der Waals surface area contributed by atoms with E-state index in [1.54, 1.807) is 22.1 Å². The van der Waals surface area contributed by atoms with Crippen molar-refractivity contribution in [3.8, 4) is 0 Å². The van der Waals surface area contributed by atoms with Crippen LogP contribution in [-0.4, -0.2) is 59.8 Å². The van der Waals surface area contributed by atoms with E-state index in [1.165, 1.54) is 0 Å². The van der Waals surface area contributed by atoms with Crippen molar-refractivity contribution in [2.24, 2.45) is 5.92 Å². The van der Waals surface area contributed by atoms with E-state index in [0.717, 1.165) is 18.6 Å². The van der Waals surface area contributed by atoms with Gasteiger partial charge in [-0.15, -0.1) is 0 Å². The van der Waals surface area contributed by atoms with Crippen molar-refractivity contribution in [3.63, 3.8) is 0 Å². The number of pyridine rings is 1. The quantitative estimate of drug-likeness (QED) is 0.824. The maximum atomic E-state index is 12.4. The maximum Gasteiger partial charge on any atom is 0.272 e. The minimum Gasteiger partial charge on any atom is -0.385 e. The SMILES string of the molecule is CC(C)CNc1ccnc(C(=O)N2CCN(C=O)CC2)c1. The van der Waals surface area contributed by atoms with Crippen LogP contribution < -0.4 is 5.32 Å². The third kappa shape index (κ3) is 4.18. The number of hydrogen-bond donors (Lipinski definition) is 1. The number of rotatable bonds is 5. The van der Waals surface area contributed by atoms with E-state index in [2.05, 4.69) is 24.1 Å². The van der Waals surface area contributed by atoms with E-state index in [4.69, 9.17) is 0 Å². The summed E-state index contributed by atoms with van der Waals surface area (Å²) in [5, 5.41) is 3.29. The summed E-state index contributed by atoms with van der Waals surface area (Å²) in [7, 11) is 0. The molecule has 2 heterocycles. The Kier molecular flexibility index (Phi) is 5.14. The van der Waals surface area contributed by atoms with Crippen LogP contribution >= 0.6 is 0 Å². The first-order valence-electron chi connectivity index (χ1n) is 7.28. The van der Waals surface area contributed by atoms with Crippen molar-refractivity contribution < 1.29 is 9.59 Å². The van der Waals surface area contributed by atoms with Crippen molar-refractivity contribution in [1.82, 2.24) is 14.8 Å². The topological polar surface area (TPSA) is 65.5 Å². The Labute approximate surface area is 125 Å². The standard InChI is InChI=1S/C15H22N4O2/c1-12(2)10-17-13-3-4-16-14(9-13)15(21)19-7-5-18(11-20)6-8-19/h3-4,9,11-12H,5-8,10H2,1-2H3,(H,16,17). The van der Waals surface area contributed by atoms with Crippen LogP contribution in [0.5, 0.6) is 0 Å². The molecule has 0 saturated carbocycles. The minimum atomic E-state index is -0.0752. The molecule has 114 valence electrons. The van der Waals surface area contributed by atoms with E-state index in [0.29, 0.717) is 37.8 Å². The zero-order valence-corrected chi connectivity index (χ0v) is 12.6. The van der Waals surface area contributed by atoms with Crippen molar-refractivity contribution in [2.45, 2.75) is 13.8 Å². The van der Waals surface area contributed by atoms with Gasteiger partial charge in [0.15, 0.2) is 0 Å². The average molecular weight is 290 g/mol. The lowest BCUT2D eigenvalue weighted by atomic mass is 10.2. The van der Waals surface area contributed by atoms with Gasteiger partial charge in [0, 0.05) is 44.6 Å². The Morgan fingerprint density at radius 3 is 2.71 bits per heavy atom. The summed E-state index contributed by atoms with van der Waals surface area (Å²) < 4.78 is 0. The number of carbonyl (C=O) groups excluding carboxylic acids is 2. The molecule has 1 aliphatic heterocycles. The molecule has 0 atom stereocenters. The predicted molar refractivity (Wildman–Crippen MR) is 81.1 cm³/mol. The summed E-state index contributed by atoms with van der Waals surface area (Å²) in [6.07, 6.45) is 2.48. The van der Waals surface area contributed by atoms with Crippen molar-refractivity contribution >= 4 is 18.0 Å². The molecule has 0 aliphatic carbocycles. The number of nitrogens with zero attached hydrogens (tertiary/aromatic N) is 3. The fourth-order valence-electron chi connectivity index (χ4n) is 2.17. The molecule has 6 heteroatoms. The molecule has 0 radical (unpaired) electrons. The summed E-state index contributed by atoms with van der Waals surface area (Å²) >= 11 is 0. The monoisotopic (exact) mass is 290 g/mol. The summed E-state index contributed by atoms with van der Waals surface area (Å²) in [5.74, 6) is 0.461. The van der Waals surface area contributed by atoms with Gasteiger partial charge in [0.1, 0.15) is 5.69 Å². The van der Waals surface area contributed by atoms with Gasteiger partial charge in [-0.2, -0.15) is 0 Å². The van der Waals surface area contributed by atoms with Gasteiger partial charge in [0.2, 0.25) is 6.41 Å². The average Bonchev–Trinajstić information content (AvgIpc) is 2.52. The van der Waals surface area contributed by atoms with E-state index in [9.17, 15) is 9.59 Å². The van der Waals surface area contributed by atoms with E-state index in [-0.39, 0.29) is 5.91 Å². The van der Waals surface area contributed by atoms with Crippen LogP contribution in [0.25, 0.3) is 0 Å². The van der Waals surface area contributed by atoms with Crippen LogP contribution in [0.3, 0.4) is 0 Å². The molecule has 6 nitrogen and oxygen atoms in total. The predicted octanol–water partition coefficient (Wildman–Crippen LogP) is 1.06. The molecular weight excluding hydrogens is 268 g/mol. The largest absolute Gasteiger partial charge is 0.385 e. The molecule has 1 aliphatic rings. The second kappa shape index (κ2) is 7.06. The highest BCUT2D eigenvalue weighted by Crippen LogP contribution is 2.12. The van der Waals surface area contributed by atoms with Crippen molar-refractivity contribution in [1.29, 1.82) is 0 Å². The molecule has 0 bridgehead atoms. The molecule has 1 N–H and O–H groups in total. The molecule has 1 fully saturated rings. The molecule has 0 spiro atoms. The molecule has 21 heavy (non-hydrogen) atoms. The second-order valence-electron chi connectivity index (χ2n) is 5.64. The molecule has 1 aromatic heterocycles. The van der Waals surface area contributed by atoms with Crippen LogP contribution in [-0.2, 0) is 4.79 Å². The lowest BCUT2D eigenvalue weighted by Crippen LogP contribution is -2.48. The van der Waals surface area contributed by atoms with Gasteiger partial charge >= 0.3 is 0 Å². The molecule has 2 amide bonds. The van der Waals surface area contributed by atoms with E-state index in [1.807, 2.05) is 6.07 Å². The first-order valence-corrected chi connectivity index (χ1v) is 7.28. The zero-order valence-electron chi connectivity index (χ0n) is 12.6. The molecule has 0 aromatic carbocycles. The number of amides is 2. The second-order valence-corrected chi connectivity index (χ2v) is 5.64. The minimum absolute atomic E-state index is 0.0752. The van der Waals surface area contributed by atoms with Crippen LogP contribution in [0, 0.1) is 5.92 Å². The summed E-state index contributed by atoms with van der Waals surface area (Å²) in [6.45, 7) is 7.40. The third-order valence-electron chi connectivity index (χ3n) is 3.44. The molecule has 1 aromatic rings. The van der Waals surface area contributed by atoms with Crippen molar-refractivity contribution in [3.05, 3.63) is 24.0 Å². The van der Waals surface area contributed by atoms with Crippen LogP contribution in [0.2, 0.25) is 0 Å².